The largest absolute Gasteiger partial charge is 0.326 e. The molecule has 0 bridgehead atoms. The predicted molar refractivity (Wildman–Crippen MR) is 158 cm³/mol. The fraction of sp³-hybridized carbons (Fsp3) is 0.364. The van der Waals surface area contributed by atoms with Gasteiger partial charge in [-0.05, 0) is 74.8 Å². The third-order valence-corrected chi connectivity index (χ3v) is 7.35. The zero-order chi connectivity index (χ0) is 28.9. The van der Waals surface area contributed by atoms with Gasteiger partial charge >= 0.3 is 6.03 Å². The number of hydrazine groups is 1. The van der Waals surface area contributed by atoms with Crippen molar-refractivity contribution in [2.45, 2.75) is 77.4 Å². The molecule has 7 nitrogen and oxygen atoms in total. The smallest absolute Gasteiger partial charge is 0.319 e. The normalized spacial score (nSPS) is 19.5. The maximum Gasteiger partial charge on any atom is 0.319 e. The lowest BCUT2D eigenvalue weighted by Crippen LogP contribution is -2.61. The average Bonchev–Trinajstić information content (AvgIpc) is 3.06. The van der Waals surface area contributed by atoms with Crippen molar-refractivity contribution in [3.8, 4) is 0 Å². The van der Waals surface area contributed by atoms with Crippen molar-refractivity contribution in [3.05, 3.63) is 102 Å². The van der Waals surface area contributed by atoms with E-state index < -0.39 is 23.7 Å². The fourth-order valence-electron chi connectivity index (χ4n) is 5.61. The number of aryl methyl sites for hydroxylation is 1. The summed E-state index contributed by atoms with van der Waals surface area (Å²) in [7, 11) is 0. The van der Waals surface area contributed by atoms with E-state index in [0.717, 1.165) is 23.1 Å². The minimum Gasteiger partial charge on any atom is -0.326 e. The molecule has 0 aliphatic carbocycles. The lowest BCUT2D eigenvalue weighted by molar-refractivity contribution is -0.181. The molecule has 0 aromatic heterocycles. The third kappa shape index (κ3) is 6.71. The Kier molecular flexibility index (Phi) is 8.93. The maximum atomic E-state index is 14.5. The predicted octanol–water partition coefficient (Wildman–Crippen LogP) is 6.45. The highest BCUT2D eigenvalue weighted by molar-refractivity contribution is 5.94. The highest BCUT2D eigenvalue weighted by Gasteiger charge is 2.45. The van der Waals surface area contributed by atoms with Crippen LogP contribution in [0, 0.1) is 0 Å². The summed E-state index contributed by atoms with van der Waals surface area (Å²) in [6.45, 7) is 9.29. The van der Waals surface area contributed by atoms with E-state index in [4.69, 9.17) is 0 Å². The Labute approximate surface area is 237 Å². The van der Waals surface area contributed by atoms with Gasteiger partial charge < -0.3 is 10.6 Å². The molecule has 1 aliphatic heterocycles. The second-order valence-electron chi connectivity index (χ2n) is 11.4. The molecule has 7 heteroatoms. The van der Waals surface area contributed by atoms with Gasteiger partial charge in [-0.15, -0.1) is 0 Å². The molecule has 0 spiro atoms. The molecule has 2 N–H and O–H groups in total. The summed E-state index contributed by atoms with van der Waals surface area (Å²) in [5.41, 5.74) is 3.12. The van der Waals surface area contributed by atoms with Crippen molar-refractivity contribution in [1.29, 1.82) is 0 Å². The van der Waals surface area contributed by atoms with Crippen LogP contribution in [0.5, 0.6) is 0 Å². The van der Waals surface area contributed by atoms with E-state index in [-0.39, 0.29) is 17.7 Å². The van der Waals surface area contributed by atoms with Crippen LogP contribution in [-0.2, 0) is 16.0 Å². The Hall–Kier alpha value is -4.13. The second-order valence-corrected chi connectivity index (χ2v) is 11.4. The van der Waals surface area contributed by atoms with E-state index in [1.54, 1.807) is 10.0 Å². The van der Waals surface area contributed by atoms with Crippen molar-refractivity contribution in [2.75, 3.05) is 5.32 Å². The van der Waals surface area contributed by atoms with Crippen LogP contribution in [0.25, 0.3) is 0 Å². The summed E-state index contributed by atoms with van der Waals surface area (Å²) < 4.78 is 0. The van der Waals surface area contributed by atoms with Gasteiger partial charge in [0.05, 0.1) is 11.6 Å². The van der Waals surface area contributed by atoms with E-state index in [1.165, 1.54) is 6.92 Å². The molecule has 1 heterocycles. The average molecular weight is 541 g/mol. The fourth-order valence-corrected chi connectivity index (χ4v) is 5.61. The number of benzene rings is 3. The Morgan fingerprint density at radius 3 is 2.10 bits per heavy atom. The molecule has 3 atom stereocenters. The van der Waals surface area contributed by atoms with Crippen LogP contribution in [0.15, 0.2) is 84.9 Å². The summed E-state index contributed by atoms with van der Waals surface area (Å²) in [5.74, 6) is -0.586. The van der Waals surface area contributed by atoms with Crippen molar-refractivity contribution < 1.29 is 14.4 Å². The van der Waals surface area contributed by atoms with Gasteiger partial charge in [-0.1, -0.05) is 79.7 Å². The quantitative estimate of drug-likeness (QED) is 0.377. The van der Waals surface area contributed by atoms with Gasteiger partial charge in [-0.25, -0.2) is 14.8 Å². The molecule has 0 radical (unpaired) electrons. The number of nitrogens with one attached hydrogen (secondary N) is 2. The van der Waals surface area contributed by atoms with Gasteiger partial charge in [0.15, 0.2) is 0 Å². The van der Waals surface area contributed by atoms with Gasteiger partial charge in [-0.2, -0.15) is 0 Å². The number of hydrogen-bond donors (Lipinski definition) is 2. The van der Waals surface area contributed by atoms with Gasteiger partial charge in [-0.3, -0.25) is 9.59 Å². The molecule has 40 heavy (non-hydrogen) atoms. The molecular weight excluding hydrogens is 500 g/mol. The SMILES string of the molecule is CCc1cccc(NC(=O)NC2CC(c3ccccc3)CC(c3ccccc3)N(N(C(C)=O)C(C)(C)C)C2=O)c1. The van der Waals surface area contributed by atoms with Gasteiger partial charge in [0.1, 0.15) is 6.04 Å². The van der Waals surface area contributed by atoms with Gasteiger partial charge in [0.2, 0.25) is 5.91 Å². The van der Waals surface area contributed by atoms with Crippen molar-refractivity contribution in [1.82, 2.24) is 15.3 Å². The molecule has 1 aliphatic rings. The molecule has 0 saturated carbocycles. The highest BCUT2D eigenvalue weighted by Crippen LogP contribution is 2.41. The Morgan fingerprint density at radius 1 is 0.900 bits per heavy atom. The lowest BCUT2D eigenvalue weighted by Gasteiger charge is -2.47. The number of rotatable bonds is 6. The maximum absolute atomic E-state index is 14.5. The molecule has 1 saturated heterocycles. The summed E-state index contributed by atoms with van der Waals surface area (Å²) in [5, 5.41) is 9.01. The number of carbonyl (C=O) groups is 3. The van der Waals surface area contributed by atoms with Crippen molar-refractivity contribution >= 4 is 23.5 Å². The first-order valence-electron chi connectivity index (χ1n) is 14.0. The summed E-state index contributed by atoms with van der Waals surface area (Å²) in [4.78, 5) is 40.9. The van der Waals surface area contributed by atoms with E-state index in [0.29, 0.717) is 18.5 Å². The zero-order valence-corrected chi connectivity index (χ0v) is 24.1. The standard InChI is InChI=1S/C33H40N4O3/c1-6-24-14-13-19-28(20-24)34-32(40)35-29-21-27(25-15-9-7-10-16-25)22-30(26-17-11-8-12-18-26)36(31(29)39)37(23(2)38)33(3,4)5/h7-20,27,29-30H,6,21-22H2,1-5H3,(H2,34,35,40). The van der Waals surface area contributed by atoms with Gasteiger partial charge in [0.25, 0.3) is 5.91 Å². The monoisotopic (exact) mass is 540 g/mol. The van der Waals surface area contributed by atoms with E-state index >= 15 is 0 Å². The molecule has 3 aromatic rings. The van der Waals surface area contributed by atoms with E-state index in [1.807, 2.05) is 93.6 Å². The molecular formula is C33H40N4O3. The number of urea groups is 1. The minimum absolute atomic E-state index is 0.0390. The second kappa shape index (κ2) is 12.4. The topological polar surface area (TPSA) is 81.8 Å². The third-order valence-electron chi connectivity index (χ3n) is 7.35. The molecule has 3 unspecified atom stereocenters. The van der Waals surface area contributed by atoms with Crippen LogP contribution in [0.4, 0.5) is 10.5 Å². The molecule has 4 amide bonds. The number of hydrogen-bond acceptors (Lipinski definition) is 3. The van der Waals surface area contributed by atoms with Crippen LogP contribution < -0.4 is 10.6 Å². The number of carbonyl (C=O) groups excluding carboxylic acids is 3. The van der Waals surface area contributed by atoms with Crippen LogP contribution in [-0.4, -0.2) is 39.4 Å². The summed E-state index contributed by atoms with van der Waals surface area (Å²) in [6.07, 6.45) is 1.85. The van der Waals surface area contributed by atoms with Crippen LogP contribution in [0.2, 0.25) is 0 Å². The molecule has 1 fully saturated rings. The van der Waals surface area contributed by atoms with Crippen molar-refractivity contribution in [2.24, 2.45) is 0 Å². The van der Waals surface area contributed by atoms with Crippen molar-refractivity contribution in [3.63, 3.8) is 0 Å². The van der Waals surface area contributed by atoms with E-state index in [2.05, 4.69) is 29.7 Å². The van der Waals surface area contributed by atoms with Gasteiger partial charge in [0, 0.05) is 12.6 Å². The van der Waals surface area contributed by atoms with Crippen LogP contribution in [0.1, 0.15) is 76.1 Å². The molecule has 4 rings (SSSR count). The Bertz CT molecular complexity index is 1320. The van der Waals surface area contributed by atoms with E-state index in [9.17, 15) is 14.4 Å². The summed E-state index contributed by atoms with van der Waals surface area (Å²) >= 11 is 0. The Balaban J connectivity index is 1.76. The number of nitrogens with zero attached hydrogens (tertiary/aromatic N) is 2. The number of amides is 4. The Morgan fingerprint density at radius 2 is 1.52 bits per heavy atom. The minimum atomic E-state index is -0.850. The lowest BCUT2D eigenvalue weighted by atomic mass is 9.86. The molecule has 3 aromatic carbocycles. The summed E-state index contributed by atoms with van der Waals surface area (Å²) in [6, 6.07) is 25.9. The van der Waals surface area contributed by atoms with Crippen LogP contribution in [0.3, 0.4) is 0 Å². The number of anilines is 1. The first-order chi connectivity index (χ1) is 19.1. The van der Waals surface area contributed by atoms with Crippen LogP contribution >= 0.6 is 0 Å². The highest BCUT2D eigenvalue weighted by atomic mass is 16.2. The molecule has 210 valence electrons. The zero-order valence-electron chi connectivity index (χ0n) is 24.1. The first kappa shape index (κ1) is 28.9. The first-order valence-corrected chi connectivity index (χ1v) is 14.0.